The fourth-order valence-corrected chi connectivity index (χ4v) is 4.02. The molecule has 0 saturated carbocycles. The molecule has 0 spiro atoms. The smallest absolute Gasteiger partial charge is 0.219 e. The van der Waals surface area contributed by atoms with E-state index in [9.17, 15) is 4.79 Å². The van der Waals surface area contributed by atoms with Crippen LogP contribution in [-0.4, -0.2) is 67.5 Å². The second-order valence-corrected chi connectivity index (χ2v) is 7.59. The zero-order valence-corrected chi connectivity index (χ0v) is 19.6. The van der Waals surface area contributed by atoms with Gasteiger partial charge in [0.1, 0.15) is 11.5 Å². The molecule has 1 amide bonds. The highest BCUT2D eigenvalue weighted by Crippen LogP contribution is 2.26. The van der Waals surface area contributed by atoms with E-state index in [0.29, 0.717) is 6.04 Å². The van der Waals surface area contributed by atoms with Gasteiger partial charge in [-0.25, -0.2) is 0 Å². The number of guanidine groups is 1. The first kappa shape index (κ1) is 23.0. The van der Waals surface area contributed by atoms with Crippen LogP contribution < -0.4 is 10.6 Å². The lowest BCUT2D eigenvalue weighted by Crippen LogP contribution is -2.50. The molecule has 3 rings (SSSR count). The van der Waals surface area contributed by atoms with Crippen molar-refractivity contribution in [2.45, 2.75) is 51.6 Å². The van der Waals surface area contributed by atoms with Crippen molar-refractivity contribution in [3.05, 3.63) is 23.7 Å². The quantitative estimate of drug-likeness (QED) is 0.367. The topological polar surface area (TPSA) is 73.1 Å². The molecule has 1 aromatic heterocycles. The van der Waals surface area contributed by atoms with Gasteiger partial charge in [-0.2, -0.15) is 0 Å². The summed E-state index contributed by atoms with van der Waals surface area (Å²) in [7, 11) is 1.81. The number of likely N-dealkylation sites (tertiary alicyclic amines) is 2. The zero-order chi connectivity index (χ0) is 19.2. The Labute approximate surface area is 185 Å². The number of aryl methyl sites for hydroxylation is 1. The monoisotopic (exact) mass is 503 g/mol. The summed E-state index contributed by atoms with van der Waals surface area (Å²) in [5, 5.41) is 7.01. The van der Waals surface area contributed by atoms with Crippen LogP contribution in [-0.2, 0) is 4.79 Å². The molecule has 8 heteroatoms. The number of nitrogens with one attached hydrogen (secondary N) is 2. The van der Waals surface area contributed by atoms with Gasteiger partial charge in [0.05, 0.1) is 6.04 Å². The maximum absolute atomic E-state index is 11.5. The van der Waals surface area contributed by atoms with Crippen molar-refractivity contribution in [1.29, 1.82) is 0 Å². The number of furan rings is 1. The third kappa shape index (κ3) is 6.10. The van der Waals surface area contributed by atoms with Crippen LogP contribution in [0.4, 0.5) is 0 Å². The fraction of sp³-hybridized carbons (Fsp3) is 0.700. The van der Waals surface area contributed by atoms with E-state index in [-0.39, 0.29) is 35.9 Å². The van der Waals surface area contributed by atoms with Crippen LogP contribution in [0.1, 0.15) is 50.2 Å². The Balaban J connectivity index is 0.00000280. The van der Waals surface area contributed by atoms with Gasteiger partial charge in [0, 0.05) is 39.6 Å². The Morgan fingerprint density at radius 2 is 1.93 bits per heavy atom. The molecule has 0 aromatic carbocycles. The first-order chi connectivity index (χ1) is 13.1. The van der Waals surface area contributed by atoms with Crippen LogP contribution in [0, 0.1) is 6.92 Å². The van der Waals surface area contributed by atoms with Crippen LogP contribution >= 0.6 is 24.0 Å². The van der Waals surface area contributed by atoms with Gasteiger partial charge in [0.25, 0.3) is 0 Å². The van der Waals surface area contributed by atoms with E-state index >= 15 is 0 Å². The highest BCUT2D eigenvalue weighted by Gasteiger charge is 2.27. The predicted octanol–water partition coefficient (Wildman–Crippen LogP) is 2.52. The lowest BCUT2D eigenvalue weighted by Gasteiger charge is -2.33. The molecule has 0 aliphatic carbocycles. The van der Waals surface area contributed by atoms with Crippen molar-refractivity contribution in [2.24, 2.45) is 4.99 Å². The van der Waals surface area contributed by atoms with E-state index in [2.05, 4.69) is 26.6 Å². The third-order valence-electron chi connectivity index (χ3n) is 5.64. The minimum atomic E-state index is 0. The van der Waals surface area contributed by atoms with Gasteiger partial charge in [-0.15, -0.1) is 24.0 Å². The van der Waals surface area contributed by atoms with Crippen molar-refractivity contribution < 1.29 is 9.21 Å². The molecule has 2 N–H and O–H groups in total. The van der Waals surface area contributed by atoms with Crippen LogP contribution in [0.5, 0.6) is 0 Å². The van der Waals surface area contributed by atoms with E-state index < -0.39 is 0 Å². The first-order valence-corrected chi connectivity index (χ1v) is 10.1. The second kappa shape index (κ2) is 11.0. The number of carbonyl (C=O) groups is 1. The minimum Gasteiger partial charge on any atom is -0.465 e. The van der Waals surface area contributed by atoms with Crippen molar-refractivity contribution in [1.82, 2.24) is 20.4 Å². The SMILES string of the molecule is CN=C(NCC(c1ccc(C)o1)N1CCCC1)NC1CCN(C(C)=O)CC1.I. The number of hydrogen-bond donors (Lipinski definition) is 2. The summed E-state index contributed by atoms with van der Waals surface area (Å²) in [5.41, 5.74) is 0. The summed E-state index contributed by atoms with van der Waals surface area (Å²) in [4.78, 5) is 20.3. The van der Waals surface area contributed by atoms with E-state index in [4.69, 9.17) is 4.42 Å². The molecule has 1 atom stereocenters. The molecule has 3 heterocycles. The minimum absolute atomic E-state index is 0. The number of carbonyl (C=O) groups excluding carboxylic acids is 1. The zero-order valence-electron chi connectivity index (χ0n) is 17.2. The normalized spacial score (nSPS) is 20.0. The van der Waals surface area contributed by atoms with Crippen molar-refractivity contribution in [2.75, 3.05) is 39.8 Å². The molecule has 0 radical (unpaired) electrons. The fourth-order valence-electron chi connectivity index (χ4n) is 4.02. The molecule has 2 saturated heterocycles. The summed E-state index contributed by atoms with van der Waals surface area (Å²) in [6, 6.07) is 4.70. The third-order valence-corrected chi connectivity index (χ3v) is 5.64. The molecule has 158 valence electrons. The summed E-state index contributed by atoms with van der Waals surface area (Å²) in [6.07, 6.45) is 4.40. The molecule has 2 aliphatic rings. The Morgan fingerprint density at radius 3 is 2.46 bits per heavy atom. The average Bonchev–Trinajstić information content (AvgIpc) is 3.34. The van der Waals surface area contributed by atoms with E-state index in [1.807, 2.05) is 24.9 Å². The van der Waals surface area contributed by atoms with Crippen molar-refractivity contribution >= 4 is 35.8 Å². The van der Waals surface area contributed by atoms with Crippen LogP contribution in [0.25, 0.3) is 0 Å². The number of piperidine rings is 1. The lowest BCUT2D eigenvalue weighted by molar-refractivity contribution is -0.129. The van der Waals surface area contributed by atoms with Gasteiger partial charge in [0.2, 0.25) is 5.91 Å². The maximum Gasteiger partial charge on any atom is 0.219 e. The summed E-state index contributed by atoms with van der Waals surface area (Å²) in [5.74, 6) is 2.96. The first-order valence-electron chi connectivity index (χ1n) is 10.1. The number of rotatable bonds is 5. The number of nitrogens with zero attached hydrogens (tertiary/aromatic N) is 3. The van der Waals surface area contributed by atoms with E-state index in [0.717, 1.165) is 63.0 Å². The molecule has 0 bridgehead atoms. The van der Waals surface area contributed by atoms with Crippen molar-refractivity contribution in [3.63, 3.8) is 0 Å². The summed E-state index contributed by atoms with van der Waals surface area (Å²) in [6.45, 7) is 8.25. The molecule has 1 aromatic rings. The molecule has 7 nitrogen and oxygen atoms in total. The standard InChI is InChI=1S/C20H33N5O2.HI/c1-15-6-7-19(27-15)18(25-10-4-5-11-25)14-22-20(21-3)23-17-8-12-24(13-9-17)16(2)26;/h6-7,17-18H,4-5,8-14H2,1-3H3,(H2,21,22,23);1H. The highest BCUT2D eigenvalue weighted by molar-refractivity contribution is 14.0. The Kier molecular flexibility index (Phi) is 9.07. The lowest BCUT2D eigenvalue weighted by atomic mass is 10.1. The van der Waals surface area contributed by atoms with Gasteiger partial charge in [-0.05, 0) is 57.8 Å². The van der Waals surface area contributed by atoms with E-state index in [1.165, 1.54) is 12.8 Å². The van der Waals surface area contributed by atoms with Gasteiger partial charge in [0.15, 0.2) is 5.96 Å². The van der Waals surface area contributed by atoms with E-state index in [1.54, 1.807) is 6.92 Å². The predicted molar refractivity (Wildman–Crippen MR) is 122 cm³/mol. The Bertz CT molecular complexity index is 649. The van der Waals surface area contributed by atoms with Gasteiger partial charge in [-0.3, -0.25) is 14.7 Å². The summed E-state index contributed by atoms with van der Waals surface area (Å²) >= 11 is 0. The largest absolute Gasteiger partial charge is 0.465 e. The van der Waals surface area contributed by atoms with Crippen LogP contribution in [0.3, 0.4) is 0 Å². The molecule has 28 heavy (non-hydrogen) atoms. The molecule has 2 aliphatic heterocycles. The Hall–Kier alpha value is -1.29. The molecular weight excluding hydrogens is 469 g/mol. The number of aliphatic imine (C=N–C) groups is 1. The Morgan fingerprint density at radius 1 is 1.25 bits per heavy atom. The van der Waals surface area contributed by atoms with Gasteiger partial charge in [-0.1, -0.05) is 0 Å². The molecular formula is C20H34IN5O2. The van der Waals surface area contributed by atoms with Gasteiger partial charge >= 0.3 is 0 Å². The second-order valence-electron chi connectivity index (χ2n) is 7.59. The van der Waals surface area contributed by atoms with Crippen molar-refractivity contribution in [3.8, 4) is 0 Å². The molecule has 1 unspecified atom stereocenters. The number of halogens is 1. The number of amides is 1. The van der Waals surface area contributed by atoms with Gasteiger partial charge < -0.3 is 20.0 Å². The summed E-state index contributed by atoms with van der Waals surface area (Å²) < 4.78 is 5.93. The number of hydrogen-bond acceptors (Lipinski definition) is 4. The van der Waals surface area contributed by atoms with Crippen LogP contribution in [0.2, 0.25) is 0 Å². The molecule has 2 fully saturated rings. The average molecular weight is 503 g/mol. The maximum atomic E-state index is 11.5. The highest BCUT2D eigenvalue weighted by atomic mass is 127. The van der Waals surface area contributed by atoms with Crippen LogP contribution in [0.15, 0.2) is 21.5 Å².